The van der Waals surface area contributed by atoms with E-state index in [1.54, 1.807) is 42.6 Å². The zero-order valence-electron chi connectivity index (χ0n) is 16.5. The molecule has 0 radical (unpaired) electrons. The van der Waals surface area contributed by atoms with Crippen molar-refractivity contribution in [1.82, 2.24) is 4.98 Å². The standard InChI is InChI=1S/C25H20ClN3O2/c26-20-11-13-21(14-12-20)28-25(30)29-22-15-16-23(27-17-22)31-24(18-7-3-1-4-8-18)19-9-5-2-6-10-19/h1-17,24H,(H2,28,29,30). The summed E-state index contributed by atoms with van der Waals surface area (Å²) in [4.78, 5) is 16.5. The van der Waals surface area contributed by atoms with Crippen LogP contribution in [0.25, 0.3) is 0 Å². The summed E-state index contributed by atoms with van der Waals surface area (Å²) in [5.74, 6) is 0.460. The first kappa shape index (κ1) is 20.4. The van der Waals surface area contributed by atoms with E-state index in [1.165, 1.54) is 0 Å². The van der Waals surface area contributed by atoms with Crippen LogP contribution in [0.5, 0.6) is 5.88 Å². The molecule has 6 heteroatoms. The summed E-state index contributed by atoms with van der Waals surface area (Å²) in [6.45, 7) is 0. The highest BCUT2D eigenvalue weighted by Gasteiger charge is 2.16. The molecule has 4 aromatic rings. The Morgan fingerprint density at radius 3 is 1.84 bits per heavy atom. The third kappa shape index (κ3) is 5.62. The van der Waals surface area contributed by atoms with Crippen molar-refractivity contribution in [2.24, 2.45) is 0 Å². The number of ether oxygens (including phenoxy) is 1. The molecule has 0 atom stereocenters. The SMILES string of the molecule is O=C(Nc1ccc(Cl)cc1)Nc1ccc(OC(c2ccccc2)c2ccccc2)nc1. The maximum absolute atomic E-state index is 12.2. The molecular weight excluding hydrogens is 410 g/mol. The molecule has 1 heterocycles. The van der Waals surface area contributed by atoms with Crippen molar-refractivity contribution in [2.45, 2.75) is 6.10 Å². The van der Waals surface area contributed by atoms with E-state index in [0.717, 1.165) is 11.1 Å². The van der Waals surface area contributed by atoms with Gasteiger partial charge in [-0.05, 0) is 41.5 Å². The predicted octanol–water partition coefficient (Wildman–Crippen LogP) is 6.55. The Kier molecular flexibility index (Phi) is 6.45. The normalized spacial score (nSPS) is 10.5. The molecule has 2 N–H and O–H groups in total. The van der Waals surface area contributed by atoms with Crippen molar-refractivity contribution in [3.8, 4) is 5.88 Å². The Bertz CT molecular complexity index is 1080. The first-order chi connectivity index (χ1) is 15.2. The van der Waals surface area contributed by atoms with Gasteiger partial charge in [0, 0.05) is 16.8 Å². The van der Waals surface area contributed by atoms with Crippen LogP contribution in [-0.2, 0) is 0 Å². The number of amides is 2. The smallest absolute Gasteiger partial charge is 0.323 e. The summed E-state index contributed by atoms with van der Waals surface area (Å²) in [5.41, 5.74) is 3.25. The lowest BCUT2D eigenvalue weighted by molar-refractivity contribution is 0.237. The highest BCUT2D eigenvalue weighted by molar-refractivity contribution is 6.30. The minimum Gasteiger partial charge on any atom is -0.465 e. The fourth-order valence-electron chi connectivity index (χ4n) is 3.06. The number of halogens is 1. The molecule has 0 saturated carbocycles. The second kappa shape index (κ2) is 9.78. The van der Waals surface area contributed by atoms with E-state index in [1.807, 2.05) is 60.7 Å². The number of urea groups is 1. The van der Waals surface area contributed by atoms with Gasteiger partial charge < -0.3 is 15.4 Å². The first-order valence-electron chi connectivity index (χ1n) is 9.73. The second-order valence-electron chi connectivity index (χ2n) is 6.79. The predicted molar refractivity (Wildman–Crippen MR) is 124 cm³/mol. The van der Waals surface area contributed by atoms with Gasteiger partial charge in [0.25, 0.3) is 0 Å². The molecule has 0 fully saturated rings. The third-order valence-corrected chi connectivity index (χ3v) is 4.79. The van der Waals surface area contributed by atoms with Crippen LogP contribution in [-0.4, -0.2) is 11.0 Å². The molecule has 0 aliphatic carbocycles. The molecule has 0 saturated heterocycles. The van der Waals surface area contributed by atoms with Gasteiger partial charge in [0.05, 0.1) is 11.9 Å². The van der Waals surface area contributed by atoms with Gasteiger partial charge in [0.15, 0.2) is 6.10 Å². The molecule has 154 valence electrons. The van der Waals surface area contributed by atoms with Crippen molar-refractivity contribution in [1.29, 1.82) is 0 Å². The molecular formula is C25H20ClN3O2. The summed E-state index contributed by atoms with van der Waals surface area (Å²) >= 11 is 5.86. The monoisotopic (exact) mass is 429 g/mol. The van der Waals surface area contributed by atoms with E-state index >= 15 is 0 Å². The van der Waals surface area contributed by atoms with E-state index in [9.17, 15) is 4.79 Å². The van der Waals surface area contributed by atoms with Crippen LogP contribution in [0.1, 0.15) is 17.2 Å². The zero-order chi connectivity index (χ0) is 21.5. The number of hydrogen-bond donors (Lipinski definition) is 2. The van der Waals surface area contributed by atoms with Crippen molar-refractivity contribution >= 4 is 29.0 Å². The van der Waals surface area contributed by atoms with Crippen LogP contribution < -0.4 is 15.4 Å². The molecule has 5 nitrogen and oxygen atoms in total. The van der Waals surface area contributed by atoms with Gasteiger partial charge in [0.1, 0.15) is 0 Å². The van der Waals surface area contributed by atoms with Gasteiger partial charge in [-0.25, -0.2) is 9.78 Å². The molecule has 0 bridgehead atoms. The number of benzene rings is 3. The van der Waals surface area contributed by atoms with Crippen LogP contribution >= 0.6 is 11.6 Å². The van der Waals surface area contributed by atoms with E-state index in [4.69, 9.17) is 16.3 Å². The maximum Gasteiger partial charge on any atom is 0.323 e. The Morgan fingerprint density at radius 1 is 0.742 bits per heavy atom. The number of pyridine rings is 1. The van der Waals surface area contributed by atoms with Gasteiger partial charge in [-0.1, -0.05) is 72.3 Å². The van der Waals surface area contributed by atoms with Gasteiger partial charge in [-0.2, -0.15) is 0 Å². The number of aromatic nitrogens is 1. The zero-order valence-corrected chi connectivity index (χ0v) is 17.3. The van der Waals surface area contributed by atoms with E-state index in [-0.39, 0.29) is 12.1 Å². The molecule has 0 spiro atoms. The highest BCUT2D eigenvalue weighted by Crippen LogP contribution is 2.27. The average Bonchev–Trinajstić information content (AvgIpc) is 2.81. The Hall–Kier alpha value is -3.83. The number of nitrogens with one attached hydrogen (secondary N) is 2. The first-order valence-corrected chi connectivity index (χ1v) is 10.1. The molecule has 0 unspecified atom stereocenters. The summed E-state index contributed by atoms with van der Waals surface area (Å²) < 4.78 is 6.20. The molecule has 0 aliphatic rings. The molecule has 4 rings (SSSR count). The van der Waals surface area contributed by atoms with Crippen LogP contribution in [0.2, 0.25) is 5.02 Å². The van der Waals surface area contributed by atoms with Crippen LogP contribution in [0.3, 0.4) is 0 Å². The fraction of sp³-hybridized carbons (Fsp3) is 0.0400. The summed E-state index contributed by atoms with van der Waals surface area (Å²) in [5, 5.41) is 6.09. The van der Waals surface area contributed by atoms with E-state index in [2.05, 4.69) is 15.6 Å². The van der Waals surface area contributed by atoms with Crippen molar-refractivity contribution in [2.75, 3.05) is 10.6 Å². The van der Waals surface area contributed by atoms with Crippen LogP contribution in [0.15, 0.2) is 103 Å². The van der Waals surface area contributed by atoms with Crippen molar-refractivity contribution in [3.05, 3.63) is 119 Å². The van der Waals surface area contributed by atoms with E-state index in [0.29, 0.717) is 22.3 Å². The lowest BCUT2D eigenvalue weighted by Gasteiger charge is -2.19. The van der Waals surface area contributed by atoms with E-state index < -0.39 is 0 Å². The number of carbonyl (C=O) groups is 1. The van der Waals surface area contributed by atoms with Crippen LogP contribution in [0, 0.1) is 0 Å². The van der Waals surface area contributed by atoms with Crippen molar-refractivity contribution in [3.63, 3.8) is 0 Å². The summed E-state index contributed by atoms with van der Waals surface area (Å²) in [6, 6.07) is 29.9. The van der Waals surface area contributed by atoms with Crippen molar-refractivity contribution < 1.29 is 9.53 Å². The topological polar surface area (TPSA) is 63.2 Å². The summed E-state index contributed by atoms with van der Waals surface area (Å²) in [6.07, 6.45) is 1.27. The minimum atomic E-state index is -0.371. The molecule has 1 aromatic heterocycles. The largest absolute Gasteiger partial charge is 0.465 e. The molecule has 0 aliphatic heterocycles. The second-order valence-corrected chi connectivity index (χ2v) is 7.23. The van der Waals surface area contributed by atoms with Gasteiger partial charge >= 0.3 is 6.03 Å². The quantitative estimate of drug-likeness (QED) is 0.365. The van der Waals surface area contributed by atoms with Gasteiger partial charge in [-0.15, -0.1) is 0 Å². The Morgan fingerprint density at radius 2 is 1.29 bits per heavy atom. The fourth-order valence-corrected chi connectivity index (χ4v) is 3.18. The lowest BCUT2D eigenvalue weighted by Crippen LogP contribution is -2.19. The molecule has 2 amide bonds. The highest BCUT2D eigenvalue weighted by atomic mass is 35.5. The summed E-state index contributed by atoms with van der Waals surface area (Å²) in [7, 11) is 0. The lowest BCUT2D eigenvalue weighted by atomic mass is 10.0. The Labute approximate surface area is 185 Å². The number of carbonyl (C=O) groups excluding carboxylic acids is 1. The minimum absolute atomic E-state index is 0.290. The average molecular weight is 430 g/mol. The third-order valence-electron chi connectivity index (χ3n) is 4.54. The molecule has 31 heavy (non-hydrogen) atoms. The Balaban J connectivity index is 1.44. The van der Waals surface area contributed by atoms with Gasteiger partial charge in [0.2, 0.25) is 5.88 Å². The van der Waals surface area contributed by atoms with Crippen LogP contribution in [0.4, 0.5) is 16.2 Å². The van der Waals surface area contributed by atoms with Gasteiger partial charge in [-0.3, -0.25) is 0 Å². The number of rotatable bonds is 6. The number of anilines is 2. The molecule has 3 aromatic carbocycles. The number of nitrogens with zero attached hydrogens (tertiary/aromatic N) is 1. The maximum atomic E-state index is 12.2. The number of hydrogen-bond acceptors (Lipinski definition) is 3.